The van der Waals surface area contributed by atoms with Crippen LogP contribution < -0.4 is 4.74 Å². The number of halogens is 4. The summed E-state index contributed by atoms with van der Waals surface area (Å²) in [6, 6.07) is 13.3. The van der Waals surface area contributed by atoms with Crippen molar-refractivity contribution in [1.29, 1.82) is 0 Å². The molecule has 0 aliphatic carbocycles. The van der Waals surface area contributed by atoms with E-state index in [2.05, 4.69) is 46.0 Å². The van der Waals surface area contributed by atoms with Crippen LogP contribution in [0.1, 0.15) is 49.7 Å². The molecule has 1 fully saturated rings. The van der Waals surface area contributed by atoms with Crippen LogP contribution in [0.3, 0.4) is 0 Å². The average molecular weight is 484 g/mol. The van der Waals surface area contributed by atoms with Crippen molar-refractivity contribution in [3.05, 3.63) is 64.1 Å². The number of benzene rings is 2. The second-order valence-electron chi connectivity index (χ2n) is 8.02. The predicted octanol–water partition coefficient (Wildman–Crippen LogP) is 7.14. The third kappa shape index (κ3) is 6.24. The highest BCUT2D eigenvalue weighted by Crippen LogP contribution is 2.37. The van der Waals surface area contributed by atoms with Crippen molar-refractivity contribution in [2.75, 3.05) is 26.2 Å². The van der Waals surface area contributed by atoms with Gasteiger partial charge in [-0.25, -0.2) is 0 Å². The number of piperidine rings is 1. The first-order valence-corrected chi connectivity index (χ1v) is 11.4. The fourth-order valence-corrected chi connectivity index (χ4v) is 4.77. The summed E-state index contributed by atoms with van der Waals surface area (Å²) in [6.07, 6.45) is 0.356. The van der Waals surface area contributed by atoms with Crippen LogP contribution in [-0.2, 0) is 6.18 Å². The molecule has 164 valence electrons. The van der Waals surface area contributed by atoms with Crippen LogP contribution in [0.25, 0.3) is 0 Å². The first-order valence-electron chi connectivity index (χ1n) is 10.6. The number of rotatable bonds is 8. The van der Waals surface area contributed by atoms with Gasteiger partial charge in [0.05, 0.1) is 12.2 Å². The van der Waals surface area contributed by atoms with Crippen LogP contribution in [0.4, 0.5) is 13.2 Å². The fraction of sp³-hybridized carbons (Fsp3) is 0.500. The standard InChI is InChI=1S/C24H29BrF3NO/c1-2-3-6-14-29-15-13-21(22-7-4-5-8-23(22)25)18(16-29)17-30-20-11-9-19(10-12-20)24(26,27)28/h4-5,7-12,18,21H,2-3,6,13-17H2,1H3. The van der Waals surface area contributed by atoms with Gasteiger partial charge in [0.25, 0.3) is 0 Å². The first-order chi connectivity index (χ1) is 14.4. The maximum absolute atomic E-state index is 12.8. The molecule has 1 aliphatic rings. The quantitative estimate of drug-likeness (QED) is 0.369. The molecule has 2 unspecified atom stereocenters. The molecule has 0 amide bonds. The molecule has 0 radical (unpaired) electrons. The minimum absolute atomic E-state index is 0.279. The van der Waals surface area contributed by atoms with E-state index in [9.17, 15) is 13.2 Å². The predicted molar refractivity (Wildman–Crippen MR) is 118 cm³/mol. The minimum atomic E-state index is -4.33. The summed E-state index contributed by atoms with van der Waals surface area (Å²) in [7, 11) is 0. The van der Waals surface area contributed by atoms with Gasteiger partial charge in [0.2, 0.25) is 0 Å². The van der Waals surface area contributed by atoms with E-state index in [1.165, 1.54) is 37.0 Å². The van der Waals surface area contributed by atoms with Crippen molar-refractivity contribution in [1.82, 2.24) is 4.90 Å². The number of likely N-dealkylation sites (tertiary alicyclic amines) is 1. The Labute approximate surface area is 185 Å². The van der Waals surface area contributed by atoms with Crippen LogP contribution in [0.15, 0.2) is 53.0 Å². The molecule has 2 aromatic carbocycles. The second kappa shape index (κ2) is 10.7. The summed E-state index contributed by atoms with van der Waals surface area (Å²) in [6.45, 7) is 5.79. The Balaban J connectivity index is 1.69. The van der Waals surface area contributed by atoms with E-state index >= 15 is 0 Å². The van der Waals surface area contributed by atoms with Gasteiger partial charge in [-0.1, -0.05) is 53.9 Å². The van der Waals surface area contributed by atoms with Gasteiger partial charge in [0, 0.05) is 16.9 Å². The summed E-state index contributed by atoms with van der Waals surface area (Å²) in [5, 5.41) is 0. The van der Waals surface area contributed by atoms with Crippen molar-refractivity contribution < 1.29 is 17.9 Å². The largest absolute Gasteiger partial charge is 0.493 e. The topological polar surface area (TPSA) is 12.5 Å². The highest BCUT2D eigenvalue weighted by Gasteiger charge is 2.32. The smallest absolute Gasteiger partial charge is 0.416 e. The van der Waals surface area contributed by atoms with E-state index < -0.39 is 11.7 Å². The first kappa shape index (κ1) is 23.1. The van der Waals surface area contributed by atoms with Crippen molar-refractivity contribution in [2.24, 2.45) is 5.92 Å². The van der Waals surface area contributed by atoms with E-state index in [-0.39, 0.29) is 5.92 Å². The van der Waals surface area contributed by atoms with Gasteiger partial charge in [-0.15, -0.1) is 0 Å². The number of alkyl halides is 3. The number of hydrogen-bond acceptors (Lipinski definition) is 2. The van der Waals surface area contributed by atoms with Crippen LogP contribution in [-0.4, -0.2) is 31.1 Å². The number of unbranched alkanes of at least 4 members (excludes halogenated alkanes) is 2. The van der Waals surface area contributed by atoms with Crippen LogP contribution in [0, 0.1) is 5.92 Å². The summed E-state index contributed by atoms with van der Waals surface area (Å²) in [4.78, 5) is 2.50. The minimum Gasteiger partial charge on any atom is -0.493 e. The second-order valence-corrected chi connectivity index (χ2v) is 8.87. The maximum Gasteiger partial charge on any atom is 0.416 e. The highest BCUT2D eigenvalue weighted by molar-refractivity contribution is 9.10. The zero-order valence-electron chi connectivity index (χ0n) is 17.3. The average Bonchev–Trinajstić information content (AvgIpc) is 2.73. The summed E-state index contributed by atoms with van der Waals surface area (Å²) in [5.74, 6) is 1.12. The third-order valence-corrected chi connectivity index (χ3v) is 6.57. The number of hydrogen-bond donors (Lipinski definition) is 0. The molecular formula is C24H29BrF3NO. The highest BCUT2D eigenvalue weighted by atomic mass is 79.9. The molecule has 2 atom stereocenters. The molecular weight excluding hydrogens is 455 g/mol. The number of nitrogens with zero attached hydrogens (tertiary/aromatic N) is 1. The molecule has 30 heavy (non-hydrogen) atoms. The van der Waals surface area contributed by atoms with Gasteiger partial charge in [-0.05, 0) is 67.7 Å². The molecule has 6 heteroatoms. The van der Waals surface area contributed by atoms with E-state index in [1.54, 1.807) is 0 Å². The summed E-state index contributed by atoms with van der Waals surface area (Å²) < 4.78 is 45.5. The lowest BCUT2D eigenvalue weighted by Crippen LogP contribution is -2.42. The Morgan fingerprint density at radius 1 is 1.07 bits per heavy atom. The Kier molecular flexibility index (Phi) is 8.23. The van der Waals surface area contributed by atoms with E-state index in [0.29, 0.717) is 18.3 Å². The van der Waals surface area contributed by atoms with Crippen molar-refractivity contribution in [3.63, 3.8) is 0 Å². The fourth-order valence-electron chi connectivity index (χ4n) is 4.19. The molecule has 0 spiro atoms. The molecule has 3 rings (SSSR count). The number of ether oxygens (including phenoxy) is 1. The lowest BCUT2D eigenvalue weighted by molar-refractivity contribution is -0.137. The monoisotopic (exact) mass is 483 g/mol. The summed E-state index contributed by atoms with van der Waals surface area (Å²) in [5.41, 5.74) is 0.632. The molecule has 2 nitrogen and oxygen atoms in total. The molecule has 1 heterocycles. The zero-order valence-corrected chi connectivity index (χ0v) is 18.9. The van der Waals surface area contributed by atoms with Crippen LogP contribution in [0.2, 0.25) is 0 Å². The Morgan fingerprint density at radius 2 is 1.80 bits per heavy atom. The van der Waals surface area contributed by atoms with Gasteiger partial charge in [0.1, 0.15) is 5.75 Å². The Hall–Kier alpha value is -1.53. The molecule has 0 saturated carbocycles. The third-order valence-electron chi connectivity index (χ3n) is 5.85. The SMILES string of the molecule is CCCCCN1CCC(c2ccccc2Br)C(COc2ccc(C(F)(F)F)cc2)C1. The molecule has 0 N–H and O–H groups in total. The summed E-state index contributed by atoms with van der Waals surface area (Å²) >= 11 is 3.69. The molecule has 2 aromatic rings. The van der Waals surface area contributed by atoms with E-state index in [1.807, 2.05) is 6.07 Å². The van der Waals surface area contributed by atoms with Crippen LogP contribution in [0.5, 0.6) is 5.75 Å². The maximum atomic E-state index is 12.8. The van der Waals surface area contributed by atoms with Gasteiger partial charge in [-0.2, -0.15) is 13.2 Å². The van der Waals surface area contributed by atoms with E-state index in [0.717, 1.165) is 42.7 Å². The zero-order chi connectivity index (χ0) is 21.6. The van der Waals surface area contributed by atoms with Gasteiger partial charge < -0.3 is 9.64 Å². The molecule has 1 saturated heterocycles. The van der Waals surface area contributed by atoms with Gasteiger partial charge in [-0.3, -0.25) is 0 Å². The van der Waals surface area contributed by atoms with Crippen molar-refractivity contribution in [3.8, 4) is 5.75 Å². The molecule has 1 aliphatic heterocycles. The normalized spacial score (nSPS) is 20.3. The van der Waals surface area contributed by atoms with Crippen molar-refractivity contribution >= 4 is 15.9 Å². The molecule has 0 bridgehead atoms. The molecule has 0 aromatic heterocycles. The lowest BCUT2D eigenvalue weighted by Gasteiger charge is -2.39. The van der Waals surface area contributed by atoms with E-state index in [4.69, 9.17) is 4.74 Å². The van der Waals surface area contributed by atoms with Gasteiger partial charge >= 0.3 is 6.18 Å². The Bertz CT molecular complexity index is 794. The van der Waals surface area contributed by atoms with Crippen LogP contribution >= 0.6 is 15.9 Å². The Morgan fingerprint density at radius 3 is 2.47 bits per heavy atom. The van der Waals surface area contributed by atoms with Gasteiger partial charge in [0.15, 0.2) is 0 Å². The van der Waals surface area contributed by atoms with Crippen molar-refractivity contribution in [2.45, 2.75) is 44.7 Å². The lowest BCUT2D eigenvalue weighted by atomic mass is 9.80.